The van der Waals surface area contributed by atoms with E-state index in [1.165, 1.54) is 20.3 Å². The quantitative estimate of drug-likeness (QED) is 0.588. The number of fused-ring (bicyclic) bond motifs is 1. The maximum Gasteiger partial charge on any atom is 0.220 e. The van der Waals surface area contributed by atoms with Gasteiger partial charge in [-0.05, 0) is 12.1 Å². The van der Waals surface area contributed by atoms with E-state index in [0.29, 0.717) is 30.3 Å². The number of rotatable bonds is 7. The minimum absolute atomic E-state index is 0.0546. The first-order valence-corrected chi connectivity index (χ1v) is 11.4. The number of ether oxygens (including phenoxy) is 3. The molecule has 8 nitrogen and oxygen atoms in total. The maximum absolute atomic E-state index is 14.0. The number of nitrogens with zero attached hydrogens (tertiary/aromatic N) is 3. The number of benzene rings is 1. The summed E-state index contributed by atoms with van der Waals surface area (Å²) in [5, 5.41) is 0.199. The Hall–Kier alpha value is -3.26. The lowest BCUT2D eigenvalue weighted by Gasteiger charge is -2.42. The van der Waals surface area contributed by atoms with Crippen molar-refractivity contribution >= 4 is 29.0 Å². The molecule has 2 heterocycles. The monoisotopic (exact) mass is 485 g/mol. The zero-order valence-corrected chi connectivity index (χ0v) is 20.7. The predicted octanol–water partition coefficient (Wildman–Crippen LogP) is 3.63. The first-order valence-electron chi connectivity index (χ1n) is 11.0. The number of hydrogen-bond acceptors (Lipinski definition) is 8. The highest BCUT2D eigenvalue weighted by atomic mass is 35.5. The molecule has 0 unspecified atom stereocenters. The molecule has 0 radical (unpaired) electrons. The van der Waals surface area contributed by atoms with Crippen LogP contribution < -0.4 is 19.1 Å². The molecule has 2 aliphatic rings. The number of likely N-dealkylation sites (N-methyl/N-ethyl adjacent to an activating group) is 2. The van der Waals surface area contributed by atoms with Gasteiger partial charge in [-0.15, -0.1) is 0 Å². The lowest BCUT2D eigenvalue weighted by molar-refractivity contribution is -0.117. The second-order valence-corrected chi connectivity index (χ2v) is 8.98. The highest BCUT2D eigenvalue weighted by Gasteiger charge is 2.59. The SMILES string of the molecule is COc1cc(OC)c2c(c1Cl)O[C@]1(C2=O)C(N(C)CCN(C)c2ccccn2)=CC(=O)C[C@H]1C. The molecular formula is C25H28ClN3O5. The van der Waals surface area contributed by atoms with Crippen LogP contribution in [0.2, 0.25) is 5.02 Å². The fourth-order valence-corrected chi connectivity index (χ4v) is 4.88. The molecule has 0 N–H and O–H groups in total. The number of hydrogen-bond donors (Lipinski definition) is 0. The van der Waals surface area contributed by atoms with Crippen LogP contribution in [0.25, 0.3) is 0 Å². The third-order valence-electron chi connectivity index (χ3n) is 6.52. The van der Waals surface area contributed by atoms with Gasteiger partial charge in [0.05, 0.1) is 19.9 Å². The molecule has 0 fully saturated rings. The van der Waals surface area contributed by atoms with Crippen LogP contribution in [-0.4, -0.2) is 68.5 Å². The van der Waals surface area contributed by atoms with Gasteiger partial charge in [0.2, 0.25) is 11.4 Å². The number of halogens is 1. The minimum atomic E-state index is -1.39. The summed E-state index contributed by atoms with van der Waals surface area (Å²) < 4.78 is 17.3. The Labute approximate surface area is 204 Å². The lowest BCUT2D eigenvalue weighted by atomic mass is 9.74. The van der Waals surface area contributed by atoms with Gasteiger partial charge in [-0.25, -0.2) is 4.98 Å². The topological polar surface area (TPSA) is 81.2 Å². The highest BCUT2D eigenvalue weighted by Crippen LogP contribution is 2.54. The van der Waals surface area contributed by atoms with Crippen molar-refractivity contribution in [3.8, 4) is 17.2 Å². The molecular weight excluding hydrogens is 458 g/mol. The van der Waals surface area contributed by atoms with E-state index in [1.54, 1.807) is 12.3 Å². The molecule has 1 spiro atoms. The highest BCUT2D eigenvalue weighted by molar-refractivity contribution is 6.35. The summed E-state index contributed by atoms with van der Waals surface area (Å²) in [5.41, 5.74) is -0.624. The van der Waals surface area contributed by atoms with Crippen molar-refractivity contribution in [3.05, 3.63) is 52.8 Å². The van der Waals surface area contributed by atoms with Crippen molar-refractivity contribution in [3.63, 3.8) is 0 Å². The van der Waals surface area contributed by atoms with E-state index in [0.717, 1.165) is 5.82 Å². The summed E-state index contributed by atoms with van der Waals surface area (Å²) >= 11 is 6.55. The van der Waals surface area contributed by atoms with Crippen molar-refractivity contribution < 1.29 is 23.8 Å². The van der Waals surface area contributed by atoms with E-state index in [4.69, 9.17) is 25.8 Å². The predicted molar refractivity (Wildman–Crippen MR) is 129 cm³/mol. The van der Waals surface area contributed by atoms with Gasteiger partial charge in [0.25, 0.3) is 0 Å². The third-order valence-corrected chi connectivity index (χ3v) is 6.88. The largest absolute Gasteiger partial charge is 0.496 e. The van der Waals surface area contributed by atoms with E-state index >= 15 is 0 Å². The number of carbonyl (C=O) groups is 2. The summed E-state index contributed by atoms with van der Waals surface area (Å²) in [6.07, 6.45) is 3.44. The molecule has 1 aromatic carbocycles. The molecule has 34 heavy (non-hydrogen) atoms. The first kappa shape index (κ1) is 23.9. The Kier molecular flexibility index (Phi) is 6.45. The average Bonchev–Trinajstić information content (AvgIpc) is 3.15. The van der Waals surface area contributed by atoms with Crippen LogP contribution >= 0.6 is 11.6 Å². The van der Waals surface area contributed by atoms with Crippen molar-refractivity contribution in [1.82, 2.24) is 9.88 Å². The Morgan fingerprint density at radius 2 is 1.85 bits per heavy atom. The van der Waals surface area contributed by atoms with Gasteiger partial charge in [0.15, 0.2) is 11.5 Å². The number of allylic oxidation sites excluding steroid dienone is 1. The molecule has 2 aromatic rings. The molecule has 1 aliphatic heterocycles. The van der Waals surface area contributed by atoms with Crippen molar-refractivity contribution in [2.24, 2.45) is 5.92 Å². The summed E-state index contributed by atoms with van der Waals surface area (Å²) in [6, 6.07) is 7.29. The molecule has 1 aliphatic carbocycles. The van der Waals surface area contributed by atoms with Gasteiger partial charge in [-0.2, -0.15) is 0 Å². The van der Waals surface area contributed by atoms with Gasteiger partial charge in [0, 0.05) is 57.9 Å². The second-order valence-electron chi connectivity index (χ2n) is 8.60. The van der Waals surface area contributed by atoms with E-state index in [2.05, 4.69) is 4.98 Å². The van der Waals surface area contributed by atoms with Crippen LogP contribution in [0.3, 0.4) is 0 Å². The molecule has 180 valence electrons. The number of ketones is 2. The van der Waals surface area contributed by atoms with Crippen LogP contribution in [0, 0.1) is 5.92 Å². The molecule has 9 heteroatoms. The third kappa shape index (κ3) is 3.76. The number of carbonyl (C=O) groups excluding carboxylic acids is 2. The number of anilines is 1. The van der Waals surface area contributed by atoms with Gasteiger partial charge in [0.1, 0.15) is 27.9 Å². The number of methoxy groups -OCH3 is 2. The van der Waals surface area contributed by atoms with Gasteiger partial charge in [-0.3, -0.25) is 9.59 Å². The fraction of sp³-hybridized carbons (Fsp3) is 0.400. The smallest absolute Gasteiger partial charge is 0.220 e. The van der Waals surface area contributed by atoms with Crippen LogP contribution in [0.1, 0.15) is 23.7 Å². The lowest BCUT2D eigenvalue weighted by Crippen LogP contribution is -2.55. The summed E-state index contributed by atoms with van der Waals surface area (Å²) in [4.78, 5) is 34.9. The standard InChI is InChI=1S/C25H28ClN3O5/c1-15-12-16(30)13-19(28(2)10-11-29(3)20-8-6-7-9-27-20)25(15)24(31)21-17(32-4)14-18(33-5)22(26)23(21)34-25/h6-9,13-15H,10-12H2,1-5H3/t15-,25+/m1/s1. The van der Waals surface area contributed by atoms with Crippen molar-refractivity contribution in [2.75, 3.05) is 46.3 Å². The molecule has 0 saturated heterocycles. The molecule has 1 aromatic heterocycles. The molecule has 4 rings (SSSR count). The summed E-state index contributed by atoms with van der Waals surface area (Å²) in [7, 11) is 6.76. The van der Waals surface area contributed by atoms with Crippen LogP contribution in [0.4, 0.5) is 5.82 Å². The van der Waals surface area contributed by atoms with E-state index in [1.807, 2.05) is 49.0 Å². The van der Waals surface area contributed by atoms with Crippen molar-refractivity contribution in [1.29, 1.82) is 0 Å². The van der Waals surface area contributed by atoms with Crippen LogP contribution in [0.5, 0.6) is 17.2 Å². The van der Waals surface area contributed by atoms with E-state index in [-0.39, 0.29) is 34.3 Å². The van der Waals surface area contributed by atoms with Crippen molar-refractivity contribution in [2.45, 2.75) is 18.9 Å². The Morgan fingerprint density at radius 1 is 1.15 bits per heavy atom. The Balaban J connectivity index is 1.70. The molecule has 0 bridgehead atoms. The molecule has 2 atom stereocenters. The Morgan fingerprint density at radius 3 is 2.50 bits per heavy atom. The molecule has 0 saturated carbocycles. The normalized spacial score (nSPS) is 21.1. The number of pyridine rings is 1. The Bertz CT molecular complexity index is 1150. The maximum atomic E-state index is 14.0. The number of aromatic nitrogens is 1. The van der Waals surface area contributed by atoms with Crippen LogP contribution in [-0.2, 0) is 4.79 Å². The first-order chi connectivity index (χ1) is 16.2. The minimum Gasteiger partial charge on any atom is -0.496 e. The summed E-state index contributed by atoms with van der Waals surface area (Å²) in [5.74, 6) is 0.964. The van der Waals surface area contributed by atoms with Gasteiger partial charge < -0.3 is 24.0 Å². The van der Waals surface area contributed by atoms with Gasteiger partial charge >= 0.3 is 0 Å². The van der Waals surface area contributed by atoms with E-state index in [9.17, 15) is 9.59 Å². The fourth-order valence-electron chi connectivity index (χ4n) is 4.62. The second kappa shape index (κ2) is 9.18. The number of Topliss-reactive ketones (excluding diaryl/α,β-unsaturated/α-hetero) is 1. The zero-order valence-electron chi connectivity index (χ0n) is 19.9. The molecule has 0 amide bonds. The summed E-state index contributed by atoms with van der Waals surface area (Å²) in [6.45, 7) is 2.99. The zero-order chi connectivity index (χ0) is 24.6. The van der Waals surface area contributed by atoms with E-state index < -0.39 is 11.5 Å². The average molecular weight is 486 g/mol. The van der Waals surface area contributed by atoms with Crippen LogP contribution in [0.15, 0.2) is 42.2 Å². The van der Waals surface area contributed by atoms with Gasteiger partial charge in [-0.1, -0.05) is 24.6 Å².